The number of Topliss-reactive ketones (excluding diaryl/α,β-unsaturated/α-hetero) is 1. The molecule has 1 aromatic carbocycles. The van der Waals surface area contributed by atoms with Crippen LogP contribution in [0.1, 0.15) is 48.9 Å². The van der Waals surface area contributed by atoms with Gasteiger partial charge in [0.05, 0.1) is 5.52 Å². The number of hydrogen-bond acceptors (Lipinski definition) is 4. The number of benzene rings is 1. The molecule has 126 valence electrons. The Kier molecular flexibility index (Phi) is 4.00. The molecule has 2 aromatic rings. The molecule has 2 atom stereocenters. The lowest BCUT2D eigenvalue weighted by atomic mass is 9.81. The van der Waals surface area contributed by atoms with Crippen LogP contribution in [0.2, 0.25) is 0 Å². The SMILES string of the molecule is O=C1CCCC[C@H]1[C@@H]1CCCN1C(=O)c1ccc2[nH]c(=S)oc2c1. The Morgan fingerprint density at radius 1 is 1.25 bits per heavy atom. The number of aromatic amines is 1. The third-order valence-electron chi connectivity index (χ3n) is 5.29. The molecule has 0 unspecified atom stereocenters. The number of amides is 1. The molecular formula is C18H20N2O3S. The second-order valence-electron chi connectivity index (χ2n) is 6.75. The summed E-state index contributed by atoms with van der Waals surface area (Å²) in [5.74, 6) is 0.336. The first-order chi connectivity index (χ1) is 11.6. The van der Waals surface area contributed by atoms with E-state index in [4.69, 9.17) is 16.6 Å². The molecule has 1 N–H and O–H groups in total. The summed E-state index contributed by atoms with van der Waals surface area (Å²) in [7, 11) is 0. The van der Waals surface area contributed by atoms with E-state index in [9.17, 15) is 9.59 Å². The highest BCUT2D eigenvalue weighted by Gasteiger charge is 2.39. The minimum Gasteiger partial charge on any atom is -0.429 e. The molecule has 0 radical (unpaired) electrons. The predicted molar refractivity (Wildman–Crippen MR) is 92.4 cm³/mol. The van der Waals surface area contributed by atoms with E-state index < -0.39 is 0 Å². The Labute approximate surface area is 145 Å². The fraction of sp³-hybridized carbons (Fsp3) is 0.500. The van der Waals surface area contributed by atoms with Crippen molar-refractivity contribution in [2.75, 3.05) is 6.54 Å². The van der Waals surface area contributed by atoms with Crippen molar-refractivity contribution in [2.45, 2.75) is 44.6 Å². The highest BCUT2D eigenvalue weighted by atomic mass is 32.1. The lowest BCUT2D eigenvalue weighted by Gasteiger charge is -2.33. The van der Waals surface area contributed by atoms with Gasteiger partial charge in [-0.25, -0.2) is 0 Å². The van der Waals surface area contributed by atoms with Crippen molar-refractivity contribution < 1.29 is 14.0 Å². The number of nitrogens with zero attached hydrogens (tertiary/aromatic N) is 1. The molecule has 1 aromatic heterocycles. The summed E-state index contributed by atoms with van der Waals surface area (Å²) in [5.41, 5.74) is 1.97. The highest BCUT2D eigenvalue weighted by Crippen LogP contribution is 2.33. The number of aromatic nitrogens is 1. The van der Waals surface area contributed by atoms with Crippen molar-refractivity contribution in [1.29, 1.82) is 0 Å². The van der Waals surface area contributed by atoms with Crippen molar-refractivity contribution in [1.82, 2.24) is 9.88 Å². The van der Waals surface area contributed by atoms with Gasteiger partial charge >= 0.3 is 0 Å². The van der Waals surface area contributed by atoms with Crippen molar-refractivity contribution in [3.63, 3.8) is 0 Å². The van der Waals surface area contributed by atoms with Gasteiger partial charge < -0.3 is 14.3 Å². The molecule has 2 aliphatic rings. The summed E-state index contributed by atoms with van der Waals surface area (Å²) < 4.78 is 5.42. The quantitative estimate of drug-likeness (QED) is 0.840. The number of H-pyrrole nitrogens is 1. The number of nitrogens with one attached hydrogen (secondary N) is 1. The van der Waals surface area contributed by atoms with Crippen molar-refractivity contribution in [3.05, 3.63) is 28.6 Å². The molecule has 1 saturated heterocycles. The number of carbonyl (C=O) groups excluding carboxylic acids is 2. The standard InChI is InChI=1S/C18H20N2O3S/c21-15-6-2-1-4-12(15)14-5-3-9-20(14)17(22)11-7-8-13-16(10-11)23-18(24)19-13/h7-8,10,12,14H,1-6,9H2,(H,19,24)/t12-,14-/m0/s1. The molecule has 0 bridgehead atoms. The summed E-state index contributed by atoms with van der Waals surface area (Å²) in [5, 5.41) is 0. The maximum absolute atomic E-state index is 13.0. The summed E-state index contributed by atoms with van der Waals surface area (Å²) >= 11 is 4.99. The third kappa shape index (κ3) is 2.69. The maximum atomic E-state index is 13.0. The van der Waals surface area contributed by atoms with Crippen LogP contribution in [0.15, 0.2) is 22.6 Å². The summed E-state index contributed by atoms with van der Waals surface area (Å²) in [6, 6.07) is 5.41. The smallest absolute Gasteiger partial charge is 0.266 e. The number of rotatable bonds is 2. The normalized spacial score (nSPS) is 24.7. The van der Waals surface area contributed by atoms with Gasteiger partial charge in [0.1, 0.15) is 5.78 Å². The van der Waals surface area contributed by atoms with E-state index in [1.165, 1.54) is 0 Å². The van der Waals surface area contributed by atoms with Crippen molar-refractivity contribution in [3.8, 4) is 0 Å². The van der Waals surface area contributed by atoms with Crippen LogP contribution in [0.3, 0.4) is 0 Å². The molecule has 1 amide bonds. The average molecular weight is 344 g/mol. The Bertz CT molecular complexity index is 853. The average Bonchev–Trinajstić information content (AvgIpc) is 3.19. The Morgan fingerprint density at radius 2 is 2.12 bits per heavy atom. The molecule has 1 saturated carbocycles. The fourth-order valence-corrected chi connectivity index (χ4v) is 4.32. The second-order valence-corrected chi connectivity index (χ2v) is 7.12. The van der Waals surface area contributed by atoms with Gasteiger partial charge in [-0.2, -0.15) is 0 Å². The zero-order chi connectivity index (χ0) is 16.7. The molecular weight excluding hydrogens is 324 g/mol. The van der Waals surface area contributed by atoms with Gasteiger partial charge in [0, 0.05) is 30.5 Å². The van der Waals surface area contributed by atoms with Gasteiger partial charge in [-0.15, -0.1) is 0 Å². The number of likely N-dealkylation sites (tertiary alicyclic amines) is 1. The number of oxazole rings is 1. The van der Waals surface area contributed by atoms with Crippen LogP contribution < -0.4 is 0 Å². The number of hydrogen-bond donors (Lipinski definition) is 1. The molecule has 4 rings (SSSR count). The van der Waals surface area contributed by atoms with Crippen LogP contribution in [-0.4, -0.2) is 34.2 Å². The second kappa shape index (κ2) is 6.16. The Balaban J connectivity index is 1.61. The van der Waals surface area contributed by atoms with E-state index in [1.54, 1.807) is 12.1 Å². The molecule has 1 aliphatic carbocycles. The zero-order valence-electron chi connectivity index (χ0n) is 13.4. The van der Waals surface area contributed by atoms with Gasteiger partial charge in [0.15, 0.2) is 5.58 Å². The van der Waals surface area contributed by atoms with E-state index in [-0.39, 0.29) is 17.9 Å². The Morgan fingerprint density at radius 3 is 2.96 bits per heavy atom. The number of carbonyl (C=O) groups is 2. The molecule has 2 heterocycles. The molecule has 24 heavy (non-hydrogen) atoms. The molecule has 0 spiro atoms. The third-order valence-corrected chi connectivity index (χ3v) is 5.48. The van der Waals surface area contributed by atoms with Gasteiger partial charge in [0.25, 0.3) is 10.7 Å². The van der Waals surface area contributed by atoms with Gasteiger partial charge in [-0.05, 0) is 56.1 Å². The summed E-state index contributed by atoms with van der Waals surface area (Å²) in [6.45, 7) is 0.724. The van der Waals surface area contributed by atoms with Crippen LogP contribution in [0, 0.1) is 10.8 Å². The maximum Gasteiger partial charge on any atom is 0.266 e. The van der Waals surface area contributed by atoms with Crippen LogP contribution in [0.4, 0.5) is 0 Å². The van der Waals surface area contributed by atoms with Crippen LogP contribution in [-0.2, 0) is 4.79 Å². The van der Waals surface area contributed by atoms with Crippen molar-refractivity contribution in [2.24, 2.45) is 5.92 Å². The van der Waals surface area contributed by atoms with Gasteiger partial charge in [-0.1, -0.05) is 6.42 Å². The summed E-state index contributed by atoms with van der Waals surface area (Å²) in [4.78, 5) is 30.4. The highest BCUT2D eigenvalue weighted by molar-refractivity contribution is 7.71. The first-order valence-electron chi connectivity index (χ1n) is 8.60. The summed E-state index contributed by atoms with van der Waals surface area (Å²) in [6.07, 6.45) is 5.55. The van der Waals surface area contributed by atoms with E-state index in [1.807, 2.05) is 11.0 Å². The monoisotopic (exact) mass is 344 g/mol. The first kappa shape index (κ1) is 15.6. The number of fused-ring (bicyclic) bond motifs is 1. The van der Waals surface area contributed by atoms with E-state index in [2.05, 4.69) is 4.98 Å². The van der Waals surface area contributed by atoms with E-state index >= 15 is 0 Å². The predicted octanol–water partition coefficient (Wildman–Crippen LogP) is 3.85. The molecule has 2 fully saturated rings. The van der Waals surface area contributed by atoms with Gasteiger partial charge in [-0.3, -0.25) is 9.59 Å². The Hall–Kier alpha value is -1.95. The van der Waals surface area contributed by atoms with Crippen molar-refractivity contribution >= 4 is 35.0 Å². The first-order valence-corrected chi connectivity index (χ1v) is 9.01. The van der Waals surface area contributed by atoms with Crippen LogP contribution in [0.25, 0.3) is 11.1 Å². The fourth-order valence-electron chi connectivity index (χ4n) is 4.12. The van der Waals surface area contributed by atoms with Gasteiger partial charge in [0.2, 0.25) is 0 Å². The minimum atomic E-state index is -0.0138. The molecule has 6 heteroatoms. The lowest BCUT2D eigenvalue weighted by molar-refractivity contribution is -0.126. The van der Waals surface area contributed by atoms with Crippen LogP contribution in [0.5, 0.6) is 0 Å². The lowest BCUT2D eigenvalue weighted by Crippen LogP contribution is -2.43. The van der Waals surface area contributed by atoms with E-state index in [0.717, 1.165) is 44.2 Å². The zero-order valence-corrected chi connectivity index (χ0v) is 14.2. The van der Waals surface area contributed by atoms with Crippen LogP contribution >= 0.6 is 12.2 Å². The largest absolute Gasteiger partial charge is 0.429 e. The van der Waals surface area contributed by atoms with E-state index in [0.29, 0.717) is 28.2 Å². The topological polar surface area (TPSA) is 66.3 Å². The number of ketones is 1. The molecule has 5 nitrogen and oxygen atoms in total. The minimum absolute atomic E-state index is 0.0138. The molecule has 1 aliphatic heterocycles.